The van der Waals surface area contributed by atoms with Gasteiger partial charge in [-0.3, -0.25) is 4.99 Å². The van der Waals surface area contributed by atoms with Gasteiger partial charge in [0.25, 0.3) is 0 Å². The molecule has 6 aromatic carbocycles. The van der Waals surface area contributed by atoms with Gasteiger partial charge in [-0.1, -0.05) is 165 Å². The normalized spacial score (nSPS) is 22.1. The molecule has 294 valence electrons. The fourth-order valence-electron chi connectivity index (χ4n) is 10.8. The van der Waals surface area contributed by atoms with Crippen LogP contribution in [0.5, 0.6) is 0 Å². The Morgan fingerprint density at radius 3 is 2.38 bits per heavy atom. The SMILES string of the molecule is CC1(C)c2cc(C3=CCC4CC(C5=CC(C6=NC(c7ccccc7)NC(c7ccccc7)=C=C6)CC=C5)c5ccccc5C4=C3)ccc2-c2cc3c(cc21)oc1ccccc13. The quantitative estimate of drug-likeness (QED) is 0.176. The molecule has 61 heavy (non-hydrogen) atoms. The predicted octanol–water partition coefficient (Wildman–Crippen LogP) is 14.3. The molecule has 4 unspecified atom stereocenters. The van der Waals surface area contributed by atoms with Crippen LogP contribution < -0.4 is 5.32 Å². The number of para-hydroxylation sites is 1. The molecule has 3 heteroatoms. The molecule has 0 amide bonds. The summed E-state index contributed by atoms with van der Waals surface area (Å²) in [6.45, 7) is 4.73. The van der Waals surface area contributed by atoms with Crippen molar-refractivity contribution < 1.29 is 4.42 Å². The minimum atomic E-state index is -0.202. The average molecular weight is 787 g/mol. The lowest BCUT2D eigenvalue weighted by molar-refractivity contribution is 0.541. The maximum atomic E-state index is 6.35. The van der Waals surface area contributed by atoms with Gasteiger partial charge < -0.3 is 9.73 Å². The highest BCUT2D eigenvalue weighted by molar-refractivity contribution is 6.08. The van der Waals surface area contributed by atoms with Crippen LogP contribution in [0.25, 0.3) is 49.9 Å². The number of aliphatic imine (C=N–C) groups is 1. The number of nitrogens with one attached hydrogen (secondary N) is 1. The number of benzene rings is 6. The van der Waals surface area contributed by atoms with Gasteiger partial charge in [0.1, 0.15) is 17.3 Å². The van der Waals surface area contributed by atoms with Crippen molar-refractivity contribution in [3.05, 3.63) is 226 Å². The molecule has 0 saturated heterocycles. The van der Waals surface area contributed by atoms with Gasteiger partial charge in [-0.05, 0) is 111 Å². The number of hydrogen-bond donors (Lipinski definition) is 1. The van der Waals surface area contributed by atoms with Gasteiger partial charge in [0, 0.05) is 39.7 Å². The maximum Gasteiger partial charge on any atom is 0.145 e. The minimum absolute atomic E-state index is 0.139. The fourth-order valence-corrected chi connectivity index (χ4v) is 10.8. The molecular formula is C58H46N2O. The Labute approximate surface area is 357 Å². The van der Waals surface area contributed by atoms with Gasteiger partial charge >= 0.3 is 0 Å². The van der Waals surface area contributed by atoms with Gasteiger partial charge in [0.2, 0.25) is 0 Å². The number of nitrogens with zero attached hydrogens (tertiary/aromatic N) is 1. The summed E-state index contributed by atoms with van der Waals surface area (Å²) in [4.78, 5) is 5.40. The van der Waals surface area contributed by atoms with Gasteiger partial charge in [0.15, 0.2) is 0 Å². The number of rotatable bonds is 5. The van der Waals surface area contributed by atoms with E-state index in [0.717, 1.165) is 53.0 Å². The zero-order chi connectivity index (χ0) is 40.7. The molecule has 3 nitrogen and oxygen atoms in total. The molecule has 0 radical (unpaired) electrons. The third-order valence-electron chi connectivity index (χ3n) is 14.0. The molecule has 1 aliphatic heterocycles. The second-order valence-corrected chi connectivity index (χ2v) is 17.9. The Morgan fingerprint density at radius 1 is 0.705 bits per heavy atom. The van der Waals surface area contributed by atoms with Crippen molar-refractivity contribution in [1.29, 1.82) is 0 Å². The van der Waals surface area contributed by atoms with Crippen molar-refractivity contribution in [3.63, 3.8) is 0 Å². The topological polar surface area (TPSA) is 37.5 Å². The molecular weight excluding hydrogens is 741 g/mol. The molecule has 0 bridgehead atoms. The maximum absolute atomic E-state index is 6.35. The van der Waals surface area contributed by atoms with Crippen LogP contribution >= 0.6 is 0 Å². The lowest BCUT2D eigenvalue weighted by Gasteiger charge is -2.37. The van der Waals surface area contributed by atoms with Crippen LogP contribution in [-0.2, 0) is 5.41 Å². The standard InChI is InChI=1S/C58H46N2O/c1-58(2)51-33-39(26-27-45(51)49-34-50-46-22-11-12-23-55(46)61-56(50)35-52(49)58)38-24-25-41-32-48(44-21-10-9-20-43(44)47(41)31-38)40-18-13-19-42(30-40)54-29-28-53(36-14-5-3-6-15-36)59-57(60-54)37-16-7-4-8-17-37/h3-18,20-24,26-27,29-31,33-35,41-42,48,57,59H,19,25,32H2,1-2H3. The van der Waals surface area contributed by atoms with Gasteiger partial charge in [-0.2, -0.15) is 0 Å². The summed E-state index contributed by atoms with van der Waals surface area (Å²) in [5.41, 5.74) is 23.4. The van der Waals surface area contributed by atoms with Crippen molar-refractivity contribution in [3.8, 4) is 11.1 Å². The summed E-state index contributed by atoms with van der Waals surface area (Å²) < 4.78 is 6.35. The number of furan rings is 1. The van der Waals surface area contributed by atoms with E-state index >= 15 is 0 Å². The van der Waals surface area contributed by atoms with Crippen molar-refractivity contribution >= 4 is 44.5 Å². The zero-order valence-corrected chi connectivity index (χ0v) is 34.5. The van der Waals surface area contributed by atoms with Crippen LogP contribution in [0.2, 0.25) is 0 Å². The van der Waals surface area contributed by atoms with Crippen LogP contribution in [0.15, 0.2) is 197 Å². The van der Waals surface area contributed by atoms with Crippen LogP contribution in [-0.4, -0.2) is 5.71 Å². The number of allylic oxidation sites excluding steroid dienone is 9. The smallest absolute Gasteiger partial charge is 0.145 e. The van der Waals surface area contributed by atoms with Crippen LogP contribution in [0, 0.1) is 11.8 Å². The minimum Gasteiger partial charge on any atom is -0.456 e. The summed E-state index contributed by atoms with van der Waals surface area (Å²) in [6.07, 6.45) is 17.2. The number of fused-ring (bicyclic) bond motifs is 9. The molecule has 2 heterocycles. The molecule has 5 aliphatic rings. The third kappa shape index (κ3) is 5.99. The van der Waals surface area contributed by atoms with Crippen molar-refractivity contribution in [2.45, 2.75) is 50.6 Å². The van der Waals surface area contributed by atoms with E-state index in [1.807, 2.05) is 6.07 Å². The first kappa shape index (κ1) is 36.0. The van der Waals surface area contributed by atoms with E-state index in [2.05, 4.69) is 195 Å². The second-order valence-electron chi connectivity index (χ2n) is 17.9. The highest BCUT2D eigenvalue weighted by Gasteiger charge is 2.38. The van der Waals surface area contributed by atoms with Crippen LogP contribution in [0.1, 0.15) is 84.1 Å². The Morgan fingerprint density at radius 2 is 1.49 bits per heavy atom. The zero-order valence-electron chi connectivity index (χ0n) is 34.5. The second kappa shape index (κ2) is 14.1. The van der Waals surface area contributed by atoms with Gasteiger partial charge in [-0.15, -0.1) is 0 Å². The third-order valence-corrected chi connectivity index (χ3v) is 14.0. The lowest BCUT2D eigenvalue weighted by atomic mass is 9.67. The van der Waals surface area contributed by atoms with E-state index in [1.165, 1.54) is 66.4 Å². The Hall–Kier alpha value is -6.93. The highest BCUT2D eigenvalue weighted by Crippen LogP contribution is 2.53. The van der Waals surface area contributed by atoms with E-state index < -0.39 is 0 Å². The molecule has 4 atom stereocenters. The van der Waals surface area contributed by atoms with E-state index in [9.17, 15) is 0 Å². The van der Waals surface area contributed by atoms with Crippen LogP contribution in [0.3, 0.4) is 0 Å². The summed E-state index contributed by atoms with van der Waals surface area (Å²) >= 11 is 0. The van der Waals surface area contributed by atoms with Crippen molar-refractivity contribution in [2.75, 3.05) is 0 Å². The van der Waals surface area contributed by atoms with E-state index in [-0.39, 0.29) is 17.5 Å². The van der Waals surface area contributed by atoms with Crippen LogP contribution in [0.4, 0.5) is 0 Å². The van der Waals surface area contributed by atoms with E-state index in [0.29, 0.717) is 11.8 Å². The summed E-state index contributed by atoms with van der Waals surface area (Å²) in [5, 5.41) is 6.08. The summed E-state index contributed by atoms with van der Waals surface area (Å²) in [5.74, 6) is 0.937. The van der Waals surface area contributed by atoms with E-state index in [4.69, 9.17) is 9.41 Å². The summed E-state index contributed by atoms with van der Waals surface area (Å²) in [6, 6.07) is 50.5. The first-order valence-corrected chi connectivity index (χ1v) is 21.9. The molecule has 1 N–H and O–H groups in total. The number of hydrogen-bond acceptors (Lipinski definition) is 3. The first-order chi connectivity index (χ1) is 30.0. The average Bonchev–Trinajstić information content (AvgIpc) is 3.66. The molecule has 12 rings (SSSR count). The predicted molar refractivity (Wildman–Crippen MR) is 252 cm³/mol. The molecule has 7 aromatic rings. The molecule has 0 fully saturated rings. The molecule has 1 aromatic heterocycles. The Kier molecular flexibility index (Phi) is 8.31. The monoisotopic (exact) mass is 786 g/mol. The highest BCUT2D eigenvalue weighted by atomic mass is 16.3. The Balaban J connectivity index is 0.867. The molecule has 0 spiro atoms. The first-order valence-electron chi connectivity index (χ1n) is 21.9. The largest absolute Gasteiger partial charge is 0.456 e. The van der Waals surface area contributed by atoms with Crippen molar-refractivity contribution in [2.24, 2.45) is 16.8 Å². The lowest BCUT2D eigenvalue weighted by Crippen LogP contribution is -2.23. The van der Waals surface area contributed by atoms with E-state index in [1.54, 1.807) is 0 Å². The van der Waals surface area contributed by atoms with Gasteiger partial charge in [-0.25, -0.2) is 0 Å². The van der Waals surface area contributed by atoms with Crippen molar-refractivity contribution in [1.82, 2.24) is 5.32 Å². The molecule has 4 aliphatic carbocycles. The molecule has 0 saturated carbocycles. The Bertz CT molecular complexity index is 3160. The summed E-state index contributed by atoms with van der Waals surface area (Å²) in [7, 11) is 0. The van der Waals surface area contributed by atoms with Gasteiger partial charge in [0.05, 0.1) is 11.4 Å². The fraction of sp³-hybridized carbons (Fsp3) is 0.172.